The number of hydrogen-bond donors (Lipinski definition) is 0. The molecule has 3 nitrogen and oxygen atoms in total. The van der Waals surface area contributed by atoms with Gasteiger partial charge in [0.05, 0.1) is 11.7 Å². The molecule has 0 fully saturated rings. The van der Waals surface area contributed by atoms with Crippen molar-refractivity contribution in [1.82, 2.24) is 15.0 Å². The van der Waals surface area contributed by atoms with Crippen LogP contribution >= 0.6 is 0 Å². The first kappa shape index (κ1) is 7.16. The monoisotopic (exact) mass is 159 g/mol. The minimum absolute atomic E-state index is 0.905. The highest BCUT2D eigenvalue weighted by atomic mass is 14.8. The van der Waals surface area contributed by atoms with E-state index >= 15 is 0 Å². The maximum absolute atomic E-state index is 4.24. The summed E-state index contributed by atoms with van der Waals surface area (Å²) in [5, 5.41) is 1.06. The quantitative estimate of drug-likeness (QED) is 0.634. The summed E-state index contributed by atoms with van der Waals surface area (Å²) in [7, 11) is 0. The fraction of sp³-hybridized carbons (Fsp3) is 0.222. The summed E-state index contributed by atoms with van der Waals surface area (Å²) in [4.78, 5) is 12.3. The van der Waals surface area contributed by atoms with E-state index in [-0.39, 0.29) is 0 Å². The Morgan fingerprint density at radius 1 is 1.25 bits per heavy atom. The van der Waals surface area contributed by atoms with Crippen LogP contribution in [0.1, 0.15) is 12.6 Å². The van der Waals surface area contributed by atoms with E-state index in [2.05, 4.69) is 21.9 Å². The molecule has 2 rings (SSSR count). The molecule has 12 heavy (non-hydrogen) atoms. The first-order valence-electron chi connectivity index (χ1n) is 3.95. The van der Waals surface area contributed by atoms with Crippen LogP contribution in [-0.4, -0.2) is 15.0 Å². The largest absolute Gasteiger partial charge is 0.259 e. The third kappa shape index (κ3) is 1.13. The van der Waals surface area contributed by atoms with Gasteiger partial charge in [0.25, 0.3) is 0 Å². The Morgan fingerprint density at radius 2 is 2.17 bits per heavy atom. The number of nitrogens with zero attached hydrogens (tertiary/aromatic N) is 3. The number of pyridine rings is 1. The van der Waals surface area contributed by atoms with Crippen molar-refractivity contribution < 1.29 is 0 Å². The van der Waals surface area contributed by atoms with Crippen LogP contribution in [-0.2, 0) is 6.42 Å². The van der Waals surface area contributed by atoms with Gasteiger partial charge in [0.1, 0.15) is 6.33 Å². The van der Waals surface area contributed by atoms with Crippen LogP contribution in [0, 0.1) is 0 Å². The Morgan fingerprint density at radius 3 is 3.00 bits per heavy atom. The molecule has 0 aromatic carbocycles. The van der Waals surface area contributed by atoms with E-state index < -0.39 is 0 Å². The summed E-state index contributed by atoms with van der Waals surface area (Å²) in [6.07, 6.45) is 6.08. The highest BCUT2D eigenvalue weighted by molar-refractivity contribution is 5.76. The van der Waals surface area contributed by atoms with Crippen molar-refractivity contribution >= 4 is 10.9 Å². The van der Waals surface area contributed by atoms with E-state index in [1.165, 1.54) is 6.33 Å². The molecule has 0 unspecified atom stereocenters. The van der Waals surface area contributed by atoms with Gasteiger partial charge in [-0.15, -0.1) is 0 Å². The van der Waals surface area contributed by atoms with Gasteiger partial charge in [-0.3, -0.25) is 4.98 Å². The third-order valence-corrected chi connectivity index (χ3v) is 1.81. The van der Waals surface area contributed by atoms with Crippen LogP contribution in [0.25, 0.3) is 10.9 Å². The van der Waals surface area contributed by atoms with Crippen LogP contribution in [0.5, 0.6) is 0 Å². The van der Waals surface area contributed by atoms with E-state index in [0.29, 0.717) is 0 Å². The number of aromatic nitrogens is 3. The Labute approximate surface area is 70.5 Å². The molecule has 0 saturated heterocycles. The van der Waals surface area contributed by atoms with Gasteiger partial charge in [-0.05, 0) is 12.5 Å². The highest BCUT2D eigenvalue weighted by Crippen LogP contribution is 2.09. The smallest absolute Gasteiger partial charge is 0.116 e. The standard InChI is InChI=1S/C9H9N3/c1-2-8-3-7-4-10-6-12-9(7)5-11-8/h3-6H,2H2,1H3. The van der Waals surface area contributed by atoms with Gasteiger partial charge >= 0.3 is 0 Å². The van der Waals surface area contributed by atoms with Crippen LogP contribution in [0.4, 0.5) is 0 Å². The Bertz CT molecular complexity index is 398. The van der Waals surface area contributed by atoms with E-state index in [9.17, 15) is 0 Å². The van der Waals surface area contributed by atoms with Crippen molar-refractivity contribution in [1.29, 1.82) is 0 Å². The molecule has 2 heterocycles. The van der Waals surface area contributed by atoms with Gasteiger partial charge < -0.3 is 0 Å². The molecule has 3 heteroatoms. The van der Waals surface area contributed by atoms with Crippen molar-refractivity contribution in [3.05, 3.63) is 30.5 Å². The maximum atomic E-state index is 4.24. The molecule has 0 aliphatic rings. The van der Waals surface area contributed by atoms with Gasteiger partial charge in [-0.2, -0.15) is 0 Å². The molecular weight excluding hydrogens is 150 g/mol. The minimum Gasteiger partial charge on any atom is -0.259 e. The average Bonchev–Trinajstić information content (AvgIpc) is 2.17. The van der Waals surface area contributed by atoms with Crippen molar-refractivity contribution in [2.45, 2.75) is 13.3 Å². The van der Waals surface area contributed by atoms with E-state index in [1.807, 2.05) is 12.3 Å². The van der Waals surface area contributed by atoms with Crippen molar-refractivity contribution in [2.75, 3.05) is 0 Å². The lowest BCUT2D eigenvalue weighted by Gasteiger charge is -1.97. The SMILES string of the molecule is CCc1cc2cncnc2cn1. The Balaban J connectivity index is 2.67. The number of rotatable bonds is 1. The van der Waals surface area contributed by atoms with E-state index in [1.54, 1.807) is 6.20 Å². The van der Waals surface area contributed by atoms with Crippen molar-refractivity contribution in [3.8, 4) is 0 Å². The first-order valence-corrected chi connectivity index (χ1v) is 3.95. The zero-order chi connectivity index (χ0) is 8.39. The Hall–Kier alpha value is -1.51. The summed E-state index contributed by atoms with van der Waals surface area (Å²) in [5.41, 5.74) is 1.99. The van der Waals surface area contributed by atoms with E-state index in [4.69, 9.17) is 0 Å². The zero-order valence-electron chi connectivity index (χ0n) is 6.86. The summed E-state index contributed by atoms with van der Waals surface area (Å²) in [6.45, 7) is 2.08. The summed E-state index contributed by atoms with van der Waals surface area (Å²) >= 11 is 0. The van der Waals surface area contributed by atoms with Crippen LogP contribution < -0.4 is 0 Å². The molecule has 0 aliphatic heterocycles. The van der Waals surface area contributed by atoms with Gasteiger partial charge in [-0.1, -0.05) is 6.92 Å². The normalized spacial score (nSPS) is 10.4. The summed E-state index contributed by atoms with van der Waals surface area (Å²) < 4.78 is 0. The van der Waals surface area contributed by atoms with Gasteiger partial charge in [0.2, 0.25) is 0 Å². The number of hydrogen-bond acceptors (Lipinski definition) is 3. The lowest BCUT2D eigenvalue weighted by Crippen LogP contribution is -1.88. The molecule has 2 aromatic rings. The third-order valence-electron chi connectivity index (χ3n) is 1.81. The summed E-state index contributed by atoms with van der Waals surface area (Å²) in [6, 6.07) is 2.02. The second kappa shape index (κ2) is 2.85. The maximum Gasteiger partial charge on any atom is 0.116 e. The molecular formula is C9H9N3. The minimum atomic E-state index is 0.905. The topological polar surface area (TPSA) is 38.7 Å². The fourth-order valence-electron chi connectivity index (χ4n) is 1.12. The lowest BCUT2D eigenvalue weighted by molar-refractivity contribution is 1.04. The molecule has 0 spiro atoms. The summed E-state index contributed by atoms with van der Waals surface area (Å²) in [5.74, 6) is 0. The van der Waals surface area contributed by atoms with Gasteiger partial charge in [0.15, 0.2) is 0 Å². The molecule has 0 radical (unpaired) electrons. The van der Waals surface area contributed by atoms with Crippen LogP contribution in [0.2, 0.25) is 0 Å². The zero-order valence-corrected chi connectivity index (χ0v) is 6.86. The highest BCUT2D eigenvalue weighted by Gasteiger charge is 1.95. The molecule has 0 saturated carbocycles. The molecule has 0 atom stereocenters. The molecule has 2 aromatic heterocycles. The predicted octanol–water partition coefficient (Wildman–Crippen LogP) is 1.59. The number of aryl methyl sites for hydroxylation is 1. The fourth-order valence-corrected chi connectivity index (χ4v) is 1.12. The predicted molar refractivity (Wildman–Crippen MR) is 46.7 cm³/mol. The second-order valence-corrected chi connectivity index (χ2v) is 2.61. The Kier molecular flexibility index (Phi) is 1.70. The second-order valence-electron chi connectivity index (χ2n) is 2.61. The van der Waals surface area contributed by atoms with E-state index in [0.717, 1.165) is 23.0 Å². The average molecular weight is 159 g/mol. The molecule has 0 bridgehead atoms. The molecule has 60 valence electrons. The molecule has 0 amide bonds. The van der Waals surface area contributed by atoms with Gasteiger partial charge in [0, 0.05) is 17.3 Å². The number of fused-ring (bicyclic) bond motifs is 1. The van der Waals surface area contributed by atoms with Crippen molar-refractivity contribution in [2.24, 2.45) is 0 Å². The van der Waals surface area contributed by atoms with Crippen LogP contribution in [0.15, 0.2) is 24.8 Å². The molecule has 0 aliphatic carbocycles. The first-order chi connectivity index (χ1) is 5.90. The van der Waals surface area contributed by atoms with Crippen molar-refractivity contribution in [3.63, 3.8) is 0 Å². The van der Waals surface area contributed by atoms with Crippen LogP contribution in [0.3, 0.4) is 0 Å². The molecule has 0 N–H and O–H groups in total. The van der Waals surface area contributed by atoms with Gasteiger partial charge in [-0.25, -0.2) is 9.97 Å². The lowest BCUT2D eigenvalue weighted by atomic mass is 10.2.